The number of ether oxygens (including phenoxy) is 1. The second-order valence-corrected chi connectivity index (χ2v) is 9.24. The minimum absolute atomic E-state index is 0.206. The van der Waals surface area contributed by atoms with Gasteiger partial charge in [-0.25, -0.2) is 9.97 Å². The van der Waals surface area contributed by atoms with Crippen LogP contribution in [0.5, 0.6) is 0 Å². The molecule has 2 aromatic heterocycles. The Morgan fingerprint density at radius 2 is 1.93 bits per heavy atom. The van der Waals surface area contributed by atoms with E-state index in [9.17, 15) is 10.2 Å². The van der Waals surface area contributed by atoms with Crippen molar-refractivity contribution in [2.24, 2.45) is 0 Å². The molecule has 9 heteroatoms. The molecule has 2 aromatic rings. The lowest BCUT2D eigenvalue weighted by atomic mass is 9.85. The molecule has 30 heavy (non-hydrogen) atoms. The molecule has 3 aliphatic heterocycles. The first kappa shape index (κ1) is 20.1. The first-order chi connectivity index (χ1) is 14.4. The quantitative estimate of drug-likeness (QED) is 0.663. The zero-order chi connectivity index (χ0) is 21.0. The molecule has 3 aliphatic rings. The first-order valence-corrected chi connectivity index (χ1v) is 10.9. The van der Waals surface area contributed by atoms with Gasteiger partial charge in [0.2, 0.25) is 0 Å². The zero-order valence-corrected chi connectivity index (χ0v) is 17.7. The Morgan fingerprint density at radius 1 is 1.17 bits per heavy atom. The highest BCUT2D eigenvalue weighted by atomic mass is 16.6. The summed E-state index contributed by atoms with van der Waals surface area (Å²) in [4.78, 5) is 13.6. The molecule has 0 saturated carbocycles. The van der Waals surface area contributed by atoms with Gasteiger partial charge in [-0.05, 0) is 65.4 Å². The molecule has 1 spiro atoms. The molecule has 0 aliphatic carbocycles. The Kier molecular flexibility index (Phi) is 4.98. The van der Waals surface area contributed by atoms with Crippen LogP contribution in [0.2, 0.25) is 0 Å². The molecule has 164 valence electrons. The van der Waals surface area contributed by atoms with E-state index in [0.717, 1.165) is 37.9 Å². The van der Waals surface area contributed by atoms with Crippen LogP contribution in [0, 0.1) is 6.92 Å². The van der Waals surface area contributed by atoms with E-state index in [2.05, 4.69) is 26.8 Å². The van der Waals surface area contributed by atoms with E-state index in [0.29, 0.717) is 23.8 Å². The van der Waals surface area contributed by atoms with E-state index in [4.69, 9.17) is 10.5 Å². The van der Waals surface area contributed by atoms with E-state index in [1.807, 2.05) is 6.07 Å². The van der Waals surface area contributed by atoms with Crippen LogP contribution in [0.4, 0.5) is 5.82 Å². The second kappa shape index (κ2) is 7.42. The van der Waals surface area contributed by atoms with Gasteiger partial charge in [0.25, 0.3) is 0 Å². The van der Waals surface area contributed by atoms with E-state index in [1.54, 1.807) is 17.7 Å². The maximum atomic E-state index is 10.8. The summed E-state index contributed by atoms with van der Waals surface area (Å²) in [5.74, 6) is 0.966. The number of hydrogen-bond donors (Lipinski definition) is 3. The summed E-state index contributed by atoms with van der Waals surface area (Å²) in [6.45, 7) is 5.64. The van der Waals surface area contributed by atoms with E-state index >= 15 is 0 Å². The number of aliphatic hydroxyl groups is 2. The number of aryl methyl sites for hydroxylation is 1. The van der Waals surface area contributed by atoms with Crippen molar-refractivity contribution in [3.63, 3.8) is 0 Å². The van der Waals surface area contributed by atoms with Gasteiger partial charge in [0.15, 0.2) is 6.23 Å². The summed E-state index contributed by atoms with van der Waals surface area (Å²) in [6, 6.07) is 1.83. The smallest absolute Gasteiger partial charge is 0.164 e. The summed E-state index contributed by atoms with van der Waals surface area (Å²) in [5, 5.41) is 22.4. The van der Waals surface area contributed by atoms with Crippen LogP contribution in [0.1, 0.15) is 37.7 Å². The average molecular weight is 417 g/mol. The third kappa shape index (κ3) is 3.20. The topological polar surface area (TPSA) is 113 Å². The van der Waals surface area contributed by atoms with Crippen molar-refractivity contribution in [2.75, 3.05) is 39.0 Å². The normalized spacial score (nSPS) is 32.5. The first-order valence-electron chi connectivity index (χ1n) is 10.9. The van der Waals surface area contributed by atoms with Crippen molar-refractivity contribution in [1.82, 2.24) is 24.3 Å². The maximum absolute atomic E-state index is 10.8. The van der Waals surface area contributed by atoms with Gasteiger partial charge in [0.05, 0.1) is 5.39 Å². The van der Waals surface area contributed by atoms with Gasteiger partial charge in [-0.3, -0.25) is 4.90 Å². The summed E-state index contributed by atoms with van der Waals surface area (Å²) >= 11 is 0. The van der Waals surface area contributed by atoms with Gasteiger partial charge in [0, 0.05) is 18.3 Å². The number of piperidine rings is 1. The van der Waals surface area contributed by atoms with E-state index in [-0.39, 0.29) is 5.54 Å². The number of aliphatic hydroxyl groups excluding tert-OH is 2. The van der Waals surface area contributed by atoms with E-state index < -0.39 is 24.5 Å². The van der Waals surface area contributed by atoms with Crippen LogP contribution in [-0.4, -0.2) is 91.6 Å². The standard InChI is InChI=1S/C21H32N6O3/c1-13-23-18(22)14-4-9-27(19(14)24-13)20-17(29)16(28)15(30-20)12-26-8-3-5-21(26)6-10-25(2)11-7-21/h4,9,15-17,20,28-29H,3,5-8,10-12H2,1-2H3,(H2,22,23,24)/t15-,16-,17-,20-/m1/s1. The minimum Gasteiger partial charge on any atom is -0.387 e. The highest BCUT2D eigenvalue weighted by Gasteiger charge is 2.49. The number of rotatable bonds is 3. The van der Waals surface area contributed by atoms with Crippen LogP contribution < -0.4 is 5.73 Å². The summed E-state index contributed by atoms with van der Waals surface area (Å²) in [5.41, 5.74) is 6.85. The van der Waals surface area contributed by atoms with Gasteiger partial charge < -0.3 is 30.2 Å². The average Bonchev–Trinajstić information content (AvgIpc) is 3.38. The lowest BCUT2D eigenvalue weighted by molar-refractivity contribution is -0.0569. The molecule has 4 N–H and O–H groups in total. The number of likely N-dealkylation sites (tertiary alicyclic amines) is 2. The number of anilines is 1. The molecule has 5 rings (SSSR count). The van der Waals surface area contributed by atoms with Crippen molar-refractivity contribution in [2.45, 2.75) is 62.7 Å². The number of aromatic nitrogens is 3. The predicted octanol–water partition coefficient (Wildman–Crippen LogP) is 0.501. The maximum Gasteiger partial charge on any atom is 0.164 e. The highest BCUT2D eigenvalue weighted by Crippen LogP contribution is 2.40. The van der Waals surface area contributed by atoms with Crippen molar-refractivity contribution >= 4 is 16.9 Å². The number of nitrogens with zero attached hydrogens (tertiary/aromatic N) is 5. The molecular weight excluding hydrogens is 384 g/mol. The molecule has 3 fully saturated rings. The third-order valence-electron chi connectivity index (χ3n) is 7.38. The van der Waals surface area contributed by atoms with Gasteiger partial charge >= 0.3 is 0 Å². The molecule has 3 saturated heterocycles. The predicted molar refractivity (Wildman–Crippen MR) is 113 cm³/mol. The van der Waals surface area contributed by atoms with Crippen molar-refractivity contribution in [1.29, 1.82) is 0 Å². The molecule has 5 heterocycles. The number of fused-ring (bicyclic) bond motifs is 1. The van der Waals surface area contributed by atoms with Crippen molar-refractivity contribution in [3.05, 3.63) is 18.1 Å². The lowest BCUT2D eigenvalue weighted by Crippen LogP contribution is -2.54. The number of nitrogen functional groups attached to an aromatic ring is 1. The SMILES string of the molecule is Cc1nc(N)c2ccn([C@@H]3O[C@H](CN4CCCC45CCN(C)CC5)[C@@H](O)[C@H]3O)c2n1. The summed E-state index contributed by atoms with van der Waals surface area (Å²) in [6.07, 6.45) is 3.35. The van der Waals surface area contributed by atoms with Crippen molar-refractivity contribution < 1.29 is 14.9 Å². The Balaban J connectivity index is 1.37. The van der Waals surface area contributed by atoms with Crippen molar-refractivity contribution in [3.8, 4) is 0 Å². The number of hydrogen-bond acceptors (Lipinski definition) is 8. The van der Waals surface area contributed by atoms with Crippen LogP contribution in [0.25, 0.3) is 11.0 Å². The van der Waals surface area contributed by atoms with E-state index in [1.165, 1.54) is 12.8 Å². The van der Waals surface area contributed by atoms with Gasteiger partial charge in [-0.1, -0.05) is 0 Å². The second-order valence-electron chi connectivity index (χ2n) is 9.24. The Bertz CT molecular complexity index is 925. The minimum atomic E-state index is -1.03. The molecular formula is C21H32N6O3. The fourth-order valence-corrected chi connectivity index (χ4v) is 5.58. The number of nitrogens with two attached hydrogens (primary N) is 1. The molecule has 0 radical (unpaired) electrons. The Morgan fingerprint density at radius 3 is 2.70 bits per heavy atom. The molecule has 0 aromatic carbocycles. The van der Waals surface area contributed by atoms with Gasteiger partial charge in [-0.15, -0.1) is 0 Å². The van der Waals surface area contributed by atoms with Gasteiger partial charge in [-0.2, -0.15) is 0 Å². The molecule has 9 nitrogen and oxygen atoms in total. The molecule has 0 bridgehead atoms. The zero-order valence-electron chi connectivity index (χ0n) is 17.7. The van der Waals surface area contributed by atoms with Gasteiger partial charge in [0.1, 0.15) is 35.6 Å². The Labute approximate surface area is 176 Å². The monoisotopic (exact) mass is 416 g/mol. The highest BCUT2D eigenvalue weighted by molar-refractivity contribution is 5.86. The van der Waals surface area contributed by atoms with Crippen LogP contribution in [0.3, 0.4) is 0 Å². The summed E-state index contributed by atoms with van der Waals surface area (Å²) in [7, 11) is 2.18. The largest absolute Gasteiger partial charge is 0.387 e. The lowest BCUT2D eigenvalue weighted by Gasteiger charge is -2.45. The third-order valence-corrected chi connectivity index (χ3v) is 7.38. The molecule has 4 atom stereocenters. The van der Waals surface area contributed by atoms with Crippen LogP contribution in [-0.2, 0) is 4.74 Å². The fraction of sp³-hybridized carbons (Fsp3) is 0.714. The fourth-order valence-electron chi connectivity index (χ4n) is 5.58. The molecule has 0 unspecified atom stereocenters. The van der Waals surface area contributed by atoms with Crippen LogP contribution >= 0.6 is 0 Å². The molecule has 0 amide bonds. The summed E-state index contributed by atoms with van der Waals surface area (Å²) < 4.78 is 8.01. The van der Waals surface area contributed by atoms with Crippen LogP contribution in [0.15, 0.2) is 12.3 Å². The Hall–Kier alpha value is -1.78.